The predicted molar refractivity (Wildman–Crippen MR) is 111 cm³/mol. The Morgan fingerprint density at radius 2 is 1.97 bits per heavy atom. The Hall–Kier alpha value is -3.20. The summed E-state index contributed by atoms with van der Waals surface area (Å²) in [6.45, 7) is 2.12. The van der Waals surface area contributed by atoms with Gasteiger partial charge in [0, 0.05) is 23.1 Å². The van der Waals surface area contributed by atoms with Crippen molar-refractivity contribution in [3.63, 3.8) is 0 Å². The molecule has 1 N–H and O–H groups in total. The molecular formula is C20H19N5O3S. The lowest BCUT2D eigenvalue weighted by atomic mass is 10.1. The van der Waals surface area contributed by atoms with Gasteiger partial charge in [0.25, 0.3) is 5.69 Å². The maximum Gasteiger partial charge on any atom is 0.278 e. The van der Waals surface area contributed by atoms with Crippen molar-refractivity contribution < 1.29 is 9.66 Å². The molecule has 29 heavy (non-hydrogen) atoms. The number of rotatable bonds is 6. The van der Waals surface area contributed by atoms with Crippen LogP contribution in [0.15, 0.2) is 53.7 Å². The Bertz CT molecular complexity index is 1050. The van der Waals surface area contributed by atoms with Crippen molar-refractivity contribution in [1.29, 1.82) is 0 Å². The quantitative estimate of drug-likeness (QED) is 0.267. The van der Waals surface area contributed by atoms with Gasteiger partial charge in [-0.15, -0.1) is 10.2 Å². The fourth-order valence-corrected chi connectivity index (χ4v) is 3.89. The van der Waals surface area contributed by atoms with Gasteiger partial charge < -0.3 is 10.1 Å². The smallest absolute Gasteiger partial charge is 0.278 e. The minimum Gasteiger partial charge on any atom is -0.447 e. The minimum absolute atomic E-state index is 0.0227. The zero-order valence-corrected chi connectivity index (χ0v) is 16.6. The van der Waals surface area contributed by atoms with E-state index < -0.39 is 11.2 Å². The zero-order chi connectivity index (χ0) is 20.2. The van der Waals surface area contributed by atoms with Crippen LogP contribution in [-0.2, 0) is 0 Å². The molecule has 1 atom stereocenters. The van der Waals surface area contributed by atoms with Gasteiger partial charge in [0.15, 0.2) is 5.69 Å². The molecule has 0 unspecified atom stereocenters. The van der Waals surface area contributed by atoms with Crippen molar-refractivity contribution in [2.75, 3.05) is 11.1 Å². The number of benzene rings is 2. The lowest BCUT2D eigenvalue weighted by Crippen LogP contribution is -2.18. The second kappa shape index (κ2) is 8.44. The van der Waals surface area contributed by atoms with E-state index in [0.29, 0.717) is 22.3 Å². The summed E-state index contributed by atoms with van der Waals surface area (Å²) in [5.74, 6) is 1.19. The number of aromatic nitrogens is 3. The van der Waals surface area contributed by atoms with Crippen molar-refractivity contribution in [3.05, 3.63) is 64.2 Å². The van der Waals surface area contributed by atoms with E-state index in [0.717, 1.165) is 29.8 Å². The third-order valence-corrected chi connectivity index (χ3v) is 5.40. The summed E-state index contributed by atoms with van der Waals surface area (Å²) in [5, 5.41) is 23.9. The van der Waals surface area contributed by atoms with Crippen LogP contribution in [-0.4, -0.2) is 25.9 Å². The first-order chi connectivity index (χ1) is 14.2. The molecule has 9 heteroatoms. The van der Waals surface area contributed by atoms with Crippen molar-refractivity contribution in [3.8, 4) is 17.1 Å². The van der Waals surface area contributed by atoms with E-state index in [9.17, 15) is 10.1 Å². The lowest BCUT2D eigenvalue weighted by molar-refractivity contribution is -0.386. The maximum atomic E-state index is 11.5. The Morgan fingerprint density at radius 3 is 2.79 bits per heavy atom. The number of nitro groups is 1. The van der Waals surface area contributed by atoms with Crippen LogP contribution < -0.4 is 10.1 Å². The number of para-hydroxylation sites is 2. The molecule has 0 saturated heterocycles. The number of ether oxygens (including phenoxy) is 1. The Balaban J connectivity index is 1.78. The molecule has 1 aromatic heterocycles. The first-order valence-corrected chi connectivity index (χ1v) is 10.3. The summed E-state index contributed by atoms with van der Waals surface area (Å²) in [6, 6.07) is 14.1. The summed E-state index contributed by atoms with van der Waals surface area (Å²) >= 11 is 1.52. The fraction of sp³-hybridized carbons (Fsp3) is 0.250. The third kappa shape index (κ3) is 4.00. The highest BCUT2D eigenvalue weighted by molar-refractivity contribution is 7.99. The van der Waals surface area contributed by atoms with E-state index in [1.807, 2.05) is 24.3 Å². The van der Waals surface area contributed by atoms with Gasteiger partial charge in [-0.1, -0.05) is 55.4 Å². The minimum atomic E-state index is -0.788. The van der Waals surface area contributed by atoms with Crippen molar-refractivity contribution in [2.24, 2.45) is 0 Å². The topological polar surface area (TPSA) is 103 Å². The van der Waals surface area contributed by atoms with Crippen LogP contribution in [0.2, 0.25) is 0 Å². The number of hydrogen-bond donors (Lipinski definition) is 1. The standard InChI is InChI=1S/C20H19N5O3S/c1-2-3-12-29-20-22-19-17(23-24-20)13-8-4-6-10-15(13)21-18(28-19)14-9-5-7-11-16(14)25(26)27/h4-11,18,21H,2-3,12H2,1H3/t18-/m1/s1. The number of nitrogens with one attached hydrogen (secondary N) is 1. The second-order valence-corrected chi connectivity index (χ2v) is 7.52. The van der Waals surface area contributed by atoms with Crippen LogP contribution in [0.3, 0.4) is 0 Å². The molecule has 4 rings (SSSR count). The Morgan fingerprint density at radius 1 is 1.17 bits per heavy atom. The van der Waals surface area contributed by atoms with E-state index in [2.05, 4.69) is 27.4 Å². The molecule has 2 aromatic carbocycles. The molecule has 0 radical (unpaired) electrons. The number of nitrogens with zero attached hydrogens (tertiary/aromatic N) is 4. The van der Waals surface area contributed by atoms with Crippen molar-refractivity contribution in [1.82, 2.24) is 15.2 Å². The predicted octanol–water partition coefficient (Wildman–Crippen LogP) is 4.84. The molecule has 148 valence electrons. The normalized spacial score (nSPS) is 14.7. The van der Waals surface area contributed by atoms with Crippen molar-refractivity contribution >= 4 is 23.1 Å². The molecule has 0 amide bonds. The van der Waals surface area contributed by atoms with Crippen LogP contribution in [0, 0.1) is 10.1 Å². The van der Waals surface area contributed by atoms with Crippen LogP contribution in [0.4, 0.5) is 11.4 Å². The van der Waals surface area contributed by atoms with Gasteiger partial charge in [-0.3, -0.25) is 10.1 Å². The molecular weight excluding hydrogens is 390 g/mol. The number of hydrogen-bond acceptors (Lipinski definition) is 8. The lowest BCUT2D eigenvalue weighted by Gasteiger charge is -2.19. The third-order valence-electron chi connectivity index (χ3n) is 4.48. The van der Waals surface area contributed by atoms with Crippen molar-refractivity contribution in [2.45, 2.75) is 31.1 Å². The summed E-state index contributed by atoms with van der Waals surface area (Å²) in [4.78, 5) is 15.7. The SMILES string of the molecule is CCCCSc1nnc2c(n1)O[C@H](c1ccccc1[N+](=O)[O-])Nc1ccccc1-2. The summed E-state index contributed by atoms with van der Waals surface area (Å²) in [5.41, 5.74) is 2.43. The van der Waals surface area contributed by atoms with Gasteiger partial charge in [0.05, 0.1) is 10.5 Å². The molecule has 0 spiro atoms. The van der Waals surface area contributed by atoms with E-state index in [1.165, 1.54) is 17.8 Å². The summed E-state index contributed by atoms with van der Waals surface area (Å²) in [6.07, 6.45) is 1.35. The number of thioether (sulfide) groups is 1. The molecule has 3 aromatic rings. The van der Waals surface area contributed by atoms with Gasteiger partial charge >= 0.3 is 0 Å². The Labute approximate surface area is 171 Å². The average Bonchev–Trinajstić information content (AvgIpc) is 2.90. The zero-order valence-electron chi connectivity index (χ0n) is 15.7. The highest BCUT2D eigenvalue weighted by Gasteiger charge is 2.30. The van der Waals surface area contributed by atoms with Gasteiger partial charge in [-0.05, 0) is 18.6 Å². The molecule has 1 aliphatic heterocycles. The van der Waals surface area contributed by atoms with Gasteiger partial charge in [0.2, 0.25) is 17.3 Å². The van der Waals surface area contributed by atoms with Gasteiger partial charge in [-0.25, -0.2) is 0 Å². The van der Waals surface area contributed by atoms with Gasteiger partial charge in [0.1, 0.15) is 0 Å². The molecule has 2 heterocycles. The first kappa shape index (κ1) is 19.1. The fourth-order valence-electron chi connectivity index (χ4n) is 3.03. The molecule has 0 saturated carbocycles. The number of nitro benzene ring substituents is 1. The average molecular weight is 409 g/mol. The van der Waals surface area contributed by atoms with E-state index in [4.69, 9.17) is 4.74 Å². The maximum absolute atomic E-state index is 11.5. The molecule has 0 bridgehead atoms. The number of fused-ring (bicyclic) bond motifs is 3. The van der Waals surface area contributed by atoms with Crippen LogP contribution in [0.1, 0.15) is 31.6 Å². The number of unbranched alkanes of at least 4 members (excludes halogenated alkanes) is 1. The highest BCUT2D eigenvalue weighted by atomic mass is 32.2. The summed E-state index contributed by atoms with van der Waals surface area (Å²) in [7, 11) is 0. The van der Waals surface area contributed by atoms with Crippen LogP contribution in [0.25, 0.3) is 11.3 Å². The highest BCUT2D eigenvalue weighted by Crippen LogP contribution is 2.40. The number of anilines is 1. The van der Waals surface area contributed by atoms with Crippen LogP contribution in [0.5, 0.6) is 5.88 Å². The van der Waals surface area contributed by atoms with Crippen LogP contribution >= 0.6 is 11.8 Å². The second-order valence-electron chi connectivity index (χ2n) is 6.45. The first-order valence-electron chi connectivity index (χ1n) is 9.30. The Kier molecular flexibility index (Phi) is 5.57. The largest absolute Gasteiger partial charge is 0.447 e. The monoisotopic (exact) mass is 409 g/mol. The van der Waals surface area contributed by atoms with E-state index >= 15 is 0 Å². The van der Waals surface area contributed by atoms with E-state index in [-0.39, 0.29) is 5.69 Å². The molecule has 8 nitrogen and oxygen atoms in total. The molecule has 0 fully saturated rings. The molecule has 0 aliphatic carbocycles. The molecule has 1 aliphatic rings. The van der Waals surface area contributed by atoms with Gasteiger partial charge in [-0.2, -0.15) is 4.98 Å². The summed E-state index contributed by atoms with van der Waals surface area (Å²) < 4.78 is 6.12. The van der Waals surface area contributed by atoms with E-state index in [1.54, 1.807) is 18.2 Å².